The number of hydrogen-bond donors (Lipinski definition) is 4. The predicted molar refractivity (Wildman–Crippen MR) is 229 cm³/mol. The van der Waals surface area contributed by atoms with Crippen LogP contribution in [0.1, 0.15) is 6.42 Å². The Hall–Kier alpha value is 1.22. The molecule has 4 N–H and O–H groups in total. The van der Waals surface area contributed by atoms with Crippen LogP contribution in [0.3, 0.4) is 0 Å². The summed E-state index contributed by atoms with van der Waals surface area (Å²) in [7, 11) is -18.5. The highest BCUT2D eigenvalue weighted by atomic mass is 28.5. The van der Waals surface area contributed by atoms with E-state index in [1.807, 2.05) is 0 Å². The number of rotatable bonds is 30. The fourth-order valence-corrected chi connectivity index (χ4v) is 45.7. The van der Waals surface area contributed by atoms with Crippen LogP contribution in [0.4, 0.5) is 0 Å². The lowest BCUT2D eigenvalue weighted by Crippen LogP contribution is -2.61. The van der Waals surface area contributed by atoms with E-state index in [2.05, 4.69) is 111 Å². The number of aliphatic hydroxyl groups excluding tert-OH is 4. The molecule has 0 aliphatic carbocycles. The Balaban J connectivity index is 5.69. The maximum absolute atomic E-state index is 10.4. The summed E-state index contributed by atoms with van der Waals surface area (Å²) >= 11 is 0. The van der Waals surface area contributed by atoms with Gasteiger partial charge in [-0.15, -0.1) is 0 Å². The van der Waals surface area contributed by atoms with Crippen molar-refractivity contribution in [2.24, 2.45) is 0 Å². The first-order chi connectivity index (χ1) is 23.2. The molecule has 0 aromatic carbocycles. The van der Waals surface area contributed by atoms with Gasteiger partial charge in [-0.25, -0.2) is 0 Å². The van der Waals surface area contributed by atoms with E-state index in [1.54, 1.807) is 0 Å². The zero-order chi connectivity index (χ0) is 40.9. The summed E-state index contributed by atoms with van der Waals surface area (Å²) in [6.07, 6.45) is -2.07. The van der Waals surface area contributed by atoms with Crippen LogP contribution >= 0.6 is 0 Å². The fourth-order valence-electron chi connectivity index (χ4n) is 6.19. The van der Waals surface area contributed by atoms with Gasteiger partial charge in [0, 0.05) is 6.61 Å². The Morgan fingerprint density at radius 2 is 0.808 bits per heavy atom. The van der Waals surface area contributed by atoms with Crippen LogP contribution in [-0.4, -0.2) is 152 Å². The Labute approximate surface area is 325 Å². The van der Waals surface area contributed by atoms with E-state index in [4.69, 9.17) is 44.0 Å². The lowest BCUT2D eigenvalue weighted by molar-refractivity contribution is -0.0674. The Bertz CT molecular complexity index is 995. The maximum Gasteiger partial charge on any atom is 0.317 e. The summed E-state index contributed by atoms with van der Waals surface area (Å²) in [6, 6.07) is 2.42. The van der Waals surface area contributed by atoms with Gasteiger partial charge in [0.2, 0.25) is 0 Å². The quantitative estimate of drug-likeness (QED) is 0.0502. The summed E-state index contributed by atoms with van der Waals surface area (Å²) in [4.78, 5) is 0. The molecule has 0 amide bonds. The number of ether oxygens (including phenoxy) is 3. The van der Waals surface area contributed by atoms with Gasteiger partial charge in [-0.3, -0.25) is 0 Å². The normalized spacial score (nSPS) is 18.2. The van der Waals surface area contributed by atoms with E-state index < -0.39 is 92.4 Å². The molecule has 5 unspecified atom stereocenters. The summed E-state index contributed by atoms with van der Waals surface area (Å²) in [5, 5.41) is 38.5. The van der Waals surface area contributed by atoms with Gasteiger partial charge in [0.1, 0.15) is 18.3 Å². The highest BCUT2D eigenvalue weighted by molar-refractivity contribution is 6.92. The predicted octanol–water partition coefficient (Wildman–Crippen LogP) is 5.86. The van der Waals surface area contributed by atoms with Gasteiger partial charge < -0.3 is 59.3 Å². The largest absolute Gasteiger partial charge is 0.456 e. The molecule has 52 heavy (non-hydrogen) atoms. The van der Waals surface area contributed by atoms with Crippen LogP contribution < -0.4 is 0 Å². The highest BCUT2D eigenvalue weighted by Gasteiger charge is 2.50. The van der Waals surface area contributed by atoms with Crippen molar-refractivity contribution >= 4 is 67.5 Å². The number of aliphatic hydroxyl groups is 4. The third-order valence-corrected chi connectivity index (χ3v) is 35.6. The molecule has 0 aromatic rings. The highest BCUT2D eigenvalue weighted by Crippen LogP contribution is 2.34. The molecule has 21 heteroatoms. The average Bonchev–Trinajstić information content (AvgIpc) is 2.86. The molecular formula is C31H80O13Si8. The van der Waals surface area contributed by atoms with Crippen molar-refractivity contribution in [1.82, 2.24) is 0 Å². The molecule has 0 spiro atoms. The van der Waals surface area contributed by atoms with Crippen LogP contribution in [0.15, 0.2) is 0 Å². The molecule has 0 aromatic heterocycles. The second kappa shape index (κ2) is 22.4. The molecule has 0 saturated carbocycles. The van der Waals surface area contributed by atoms with Gasteiger partial charge in [0.25, 0.3) is 0 Å². The molecule has 0 fully saturated rings. The van der Waals surface area contributed by atoms with Gasteiger partial charge >= 0.3 is 34.2 Å². The second-order valence-corrected chi connectivity index (χ2v) is 51.4. The lowest BCUT2D eigenvalue weighted by Gasteiger charge is -2.45. The molecule has 0 aliphatic heterocycles. The first-order valence-electron chi connectivity index (χ1n) is 18.8. The van der Waals surface area contributed by atoms with E-state index in [0.717, 1.165) is 12.1 Å². The van der Waals surface area contributed by atoms with Crippen molar-refractivity contribution in [3.63, 3.8) is 0 Å². The van der Waals surface area contributed by atoms with Gasteiger partial charge in [-0.2, -0.15) is 0 Å². The van der Waals surface area contributed by atoms with Crippen LogP contribution in [0.2, 0.25) is 129 Å². The monoisotopic (exact) mass is 884 g/mol. The van der Waals surface area contributed by atoms with Crippen molar-refractivity contribution in [2.75, 3.05) is 46.2 Å². The second-order valence-electron chi connectivity index (χ2n) is 18.7. The minimum absolute atomic E-state index is 0.00258. The van der Waals surface area contributed by atoms with Gasteiger partial charge in [0.05, 0.1) is 39.6 Å². The van der Waals surface area contributed by atoms with Crippen LogP contribution in [0.25, 0.3) is 0 Å². The van der Waals surface area contributed by atoms with Gasteiger partial charge in [-0.1, -0.05) is 0 Å². The SMILES string of the molecule is C[Si](C)(C)O[Si](C)(C)CC[Si](C)(O[Si](C)(C)O[Si](C)(C)O[Si](C)(C)C)O[Si](C)(CCCOCC(O)COCC(O)COCC(O)CO)O[Si](C)(C)C. The minimum Gasteiger partial charge on any atom is -0.456 e. The molecular weight excluding hydrogens is 805 g/mol. The van der Waals surface area contributed by atoms with Crippen LogP contribution in [0, 0.1) is 0 Å². The van der Waals surface area contributed by atoms with E-state index in [1.165, 1.54) is 0 Å². The molecule has 0 radical (unpaired) electrons. The van der Waals surface area contributed by atoms with Gasteiger partial charge in [0.15, 0.2) is 33.3 Å². The third-order valence-electron chi connectivity index (χ3n) is 6.90. The average molecular weight is 886 g/mol. The van der Waals surface area contributed by atoms with Crippen molar-refractivity contribution < 1.29 is 59.3 Å². The van der Waals surface area contributed by atoms with Crippen molar-refractivity contribution in [3.8, 4) is 0 Å². The van der Waals surface area contributed by atoms with E-state index in [-0.39, 0.29) is 33.0 Å². The standard InChI is InChI=1S/C31H80O13Si8/c1-45(2,3)39-48(10,11)21-22-52(17,43-50(14,15)42-49(12,13)40-46(4,5)6)44-51(16,41-47(7,8)9)20-18-19-36-25-30(34)26-38-28-31(35)27-37-24-29(33)23-32/h29-35H,18-28H2,1-17H3. The fraction of sp³-hybridized carbons (Fsp3) is 1.00. The first-order valence-corrected chi connectivity index (χ1v) is 42.8. The molecule has 5 atom stereocenters. The Morgan fingerprint density at radius 1 is 0.404 bits per heavy atom. The van der Waals surface area contributed by atoms with E-state index in [9.17, 15) is 15.3 Å². The smallest absolute Gasteiger partial charge is 0.317 e. The molecule has 13 nitrogen and oxygen atoms in total. The van der Waals surface area contributed by atoms with Crippen molar-refractivity contribution in [2.45, 2.75) is 154 Å². The van der Waals surface area contributed by atoms with E-state index >= 15 is 0 Å². The summed E-state index contributed by atoms with van der Waals surface area (Å²) in [6.45, 7) is 37.2. The van der Waals surface area contributed by atoms with Crippen LogP contribution in [-0.2, 0) is 38.9 Å². The molecule has 0 rings (SSSR count). The molecule has 0 bridgehead atoms. The summed E-state index contributed by atoms with van der Waals surface area (Å²) in [5.74, 6) is 0. The van der Waals surface area contributed by atoms with Gasteiger partial charge in [-0.05, 0) is 136 Å². The Morgan fingerprint density at radius 3 is 1.25 bits per heavy atom. The van der Waals surface area contributed by atoms with Crippen molar-refractivity contribution in [3.05, 3.63) is 0 Å². The summed E-state index contributed by atoms with van der Waals surface area (Å²) < 4.78 is 58.0. The minimum atomic E-state index is -2.90. The lowest BCUT2D eigenvalue weighted by atomic mass is 10.4. The molecule has 0 heterocycles. The molecule has 0 aliphatic rings. The third kappa shape index (κ3) is 28.6. The number of hydrogen-bond acceptors (Lipinski definition) is 13. The van der Waals surface area contributed by atoms with Crippen molar-refractivity contribution in [1.29, 1.82) is 0 Å². The zero-order valence-electron chi connectivity index (χ0n) is 36.0. The van der Waals surface area contributed by atoms with Crippen LogP contribution in [0.5, 0.6) is 0 Å². The molecule has 0 saturated heterocycles. The summed E-state index contributed by atoms with van der Waals surface area (Å²) in [5.41, 5.74) is 0. The maximum atomic E-state index is 10.4. The first kappa shape index (κ1) is 53.2. The van der Waals surface area contributed by atoms with E-state index in [0.29, 0.717) is 19.1 Å². The Kier molecular flexibility index (Phi) is 22.9. The topological polar surface area (TPSA) is 164 Å². The zero-order valence-corrected chi connectivity index (χ0v) is 44.0. The molecule has 314 valence electrons.